The molecule has 2 N–H and O–H groups in total. The summed E-state index contributed by atoms with van der Waals surface area (Å²) < 4.78 is 5.33. The standard InChI is InChI=1S/C13H20N2OS/c1-11-12(14)3-2-4-13(11)17-10-7-15-5-8-16-9-6-15/h2-4H,5-10,14H2,1H3. The zero-order chi connectivity index (χ0) is 12.1. The fraction of sp³-hybridized carbons (Fsp3) is 0.538. The molecule has 17 heavy (non-hydrogen) atoms. The second-order valence-corrected chi connectivity index (χ2v) is 5.41. The summed E-state index contributed by atoms with van der Waals surface area (Å²) in [4.78, 5) is 3.76. The van der Waals surface area contributed by atoms with E-state index in [9.17, 15) is 0 Å². The Labute approximate surface area is 107 Å². The Kier molecular flexibility index (Phi) is 4.71. The molecule has 0 atom stereocenters. The van der Waals surface area contributed by atoms with Crippen LogP contribution in [0.15, 0.2) is 23.1 Å². The van der Waals surface area contributed by atoms with Crippen LogP contribution < -0.4 is 5.73 Å². The number of nitrogens with zero attached hydrogens (tertiary/aromatic N) is 1. The van der Waals surface area contributed by atoms with Crippen LogP contribution in [-0.2, 0) is 4.74 Å². The van der Waals surface area contributed by atoms with E-state index >= 15 is 0 Å². The van der Waals surface area contributed by atoms with E-state index in [0.717, 1.165) is 44.3 Å². The van der Waals surface area contributed by atoms with Gasteiger partial charge in [-0.15, -0.1) is 11.8 Å². The van der Waals surface area contributed by atoms with Gasteiger partial charge >= 0.3 is 0 Å². The minimum absolute atomic E-state index is 0.877. The fourth-order valence-electron chi connectivity index (χ4n) is 1.90. The van der Waals surface area contributed by atoms with Gasteiger partial charge in [0.15, 0.2) is 0 Å². The molecular weight excluding hydrogens is 232 g/mol. The van der Waals surface area contributed by atoms with Gasteiger partial charge in [-0.25, -0.2) is 0 Å². The second-order valence-electron chi connectivity index (χ2n) is 4.27. The summed E-state index contributed by atoms with van der Waals surface area (Å²) in [6.07, 6.45) is 0. The average molecular weight is 252 g/mol. The number of ether oxygens (including phenoxy) is 1. The van der Waals surface area contributed by atoms with Crippen molar-refractivity contribution in [1.29, 1.82) is 0 Å². The summed E-state index contributed by atoms with van der Waals surface area (Å²) in [6, 6.07) is 6.14. The van der Waals surface area contributed by atoms with Crippen molar-refractivity contribution >= 4 is 17.4 Å². The summed E-state index contributed by atoms with van der Waals surface area (Å²) in [5.74, 6) is 1.12. The molecule has 3 nitrogen and oxygen atoms in total. The number of thioether (sulfide) groups is 1. The molecule has 1 aromatic rings. The number of hydrogen-bond donors (Lipinski definition) is 1. The van der Waals surface area contributed by atoms with E-state index in [2.05, 4.69) is 17.9 Å². The summed E-state index contributed by atoms with van der Waals surface area (Å²) >= 11 is 1.89. The smallest absolute Gasteiger partial charge is 0.0594 e. The highest BCUT2D eigenvalue weighted by molar-refractivity contribution is 7.99. The van der Waals surface area contributed by atoms with Gasteiger partial charge in [-0.3, -0.25) is 4.90 Å². The maximum atomic E-state index is 5.89. The minimum atomic E-state index is 0.877. The van der Waals surface area contributed by atoms with Crippen LogP contribution in [-0.4, -0.2) is 43.5 Å². The number of rotatable bonds is 4. The van der Waals surface area contributed by atoms with E-state index in [1.165, 1.54) is 10.5 Å². The summed E-state index contributed by atoms with van der Waals surface area (Å²) in [6.45, 7) is 7.10. The molecule has 0 aliphatic carbocycles. The Morgan fingerprint density at radius 3 is 2.88 bits per heavy atom. The van der Waals surface area contributed by atoms with Crippen molar-refractivity contribution in [3.05, 3.63) is 23.8 Å². The zero-order valence-electron chi connectivity index (χ0n) is 10.3. The molecule has 94 valence electrons. The third-order valence-electron chi connectivity index (χ3n) is 3.09. The molecule has 4 heteroatoms. The van der Waals surface area contributed by atoms with Gasteiger partial charge in [-0.05, 0) is 24.6 Å². The van der Waals surface area contributed by atoms with Gasteiger partial charge < -0.3 is 10.5 Å². The van der Waals surface area contributed by atoms with E-state index in [1.807, 2.05) is 23.9 Å². The molecule has 0 bridgehead atoms. The normalized spacial score (nSPS) is 17.2. The highest BCUT2D eigenvalue weighted by atomic mass is 32.2. The van der Waals surface area contributed by atoms with E-state index in [1.54, 1.807) is 0 Å². The lowest BCUT2D eigenvalue weighted by Gasteiger charge is -2.26. The number of nitrogen functional groups attached to an aromatic ring is 1. The minimum Gasteiger partial charge on any atom is -0.398 e. The summed E-state index contributed by atoms with van der Waals surface area (Å²) in [5.41, 5.74) is 7.99. The van der Waals surface area contributed by atoms with Gasteiger partial charge in [0.05, 0.1) is 13.2 Å². The maximum Gasteiger partial charge on any atom is 0.0594 e. The lowest BCUT2D eigenvalue weighted by molar-refractivity contribution is 0.0410. The third kappa shape index (κ3) is 3.63. The van der Waals surface area contributed by atoms with Gasteiger partial charge in [0, 0.05) is 36.0 Å². The van der Waals surface area contributed by atoms with Crippen molar-refractivity contribution < 1.29 is 4.74 Å². The first-order chi connectivity index (χ1) is 8.27. The largest absolute Gasteiger partial charge is 0.398 e. The van der Waals surface area contributed by atoms with Crippen LogP contribution in [0.4, 0.5) is 5.69 Å². The zero-order valence-corrected chi connectivity index (χ0v) is 11.1. The Morgan fingerprint density at radius 2 is 2.12 bits per heavy atom. The highest BCUT2D eigenvalue weighted by Gasteiger charge is 2.10. The second kappa shape index (κ2) is 6.28. The van der Waals surface area contributed by atoms with Gasteiger partial charge in [0.2, 0.25) is 0 Å². The first kappa shape index (κ1) is 12.7. The Balaban J connectivity index is 1.79. The molecule has 0 aromatic heterocycles. The van der Waals surface area contributed by atoms with Crippen LogP contribution in [0.5, 0.6) is 0 Å². The molecule has 2 rings (SSSR count). The molecule has 1 aromatic carbocycles. The van der Waals surface area contributed by atoms with E-state index < -0.39 is 0 Å². The van der Waals surface area contributed by atoms with E-state index in [4.69, 9.17) is 10.5 Å². The van der Waals surface area contributed by atoms with Crippen molar-refractivity contribution in [2.75, 3.05) is 44.3 Å². The number of morpholine rings is 1. The summed E-state index contributed by atoms with van der Waals surface area (Å²) in [7, 11) is 0. The molecule has 1 fully saturated rings. The van der Waals surface area contributed by atoms with Crippen LogP contribution in [0, 0.1) is 6.92 Å². The molecule has 0 unspecified atom stereocenters. The lowest BCUT2D eigenvalue weighted by Crippen LogP contribution is -2.37. The van der Waals surface area contributed by atoms with Gasteiger partial charge in [0.25, 0.3) is 0 Å². The number of nitrogens with two attached hydrogens (primary N) is 1. The van der Waals surface area contributed by atoms with Gasteiger partial charge in [0.1, 0.15) is 0 Å². The van der Waals surface area contributed by atoms with Crippen LogP contribution in [0.2, 0.25) is 0 Å². The van der Waals surface area contributed by atoms with Crippen LogP contribution in [0.25, 0.3) is 0 Å². The van der Waals surface area contributed by atoms with Crippen molar-refractivity contribution in [2.45, 2.75) is 11.8 Å². The number of hydrogen-bond acceptors (Lipinski definition) is 4. The molecule has 0 saturated carbocycles. The molecule has 1 saturated heterocycles. The molecule has 0 spiro atoms. The molecule has 0 radical (unpaired) electrons. The van der Waals surface area contributed by atoms with Crippen molar-refractivity contribution in [1.82, 2.24) is 4.90 Å². The number of anilines is 1. The molecular formula is C13H20N2OS. The molecule has 1 aliphatic rings. The molecule has 1 heterocycles. The monoisotopic (exact) mass is 252 g/mol. The van der Waals surface area contributed by atoms with Crippen molar-refractivity contribution in [3.63, 3.8) is 0 Å². The maximum absolute atomic E-state index is 5.89. The first-order valence-corrected chi connectivity index (χ1v) is 7.04. The van der Waals surface area contributed by atoms with Crippen LogP contribution in [0.3, 0.4) is 0 Å². The predicted octanol–water partition coefficient (Wildman–Crippen LogP) is 2.00. The molecule has 1 aliphatic heterocycles. The van der Waals surface area contributed by atoms with Crippen molar-refractivity contribution in [2.24, 2.45) is 0 Å². The Morgan fingerprint density at radius 1 is 1.35 bits per heavy atom. The van der Waals surface area contributed by atoms with Gasteiger partial charge in [-0.2, -0.15) is 0 Å². The fourth-order valence-corrected chi connectivity index (χ4v) is 2.98. The molecule has 0 amide bonds. The SMILES string of the molecule is Cc1c(N)cccc1SCCN1CCOCC1. The summed E-state index contributed by atoms with van der Waals surface area (Å²) in [5, 5.41) is 0. The lowest BCUT2D eigenvalue weighted by atomic mass is 10.2. The Bertz CT molecular complexity index is 364. The Hall–Kier alpha value is -0.710. The van der Waals surface area contributed by atoms with Crippen LogP contribution in [0.1, 0.15) is 5.56 Å². The highest BCUT2D eigenvalue weighted by Crippen LogP contribution is 2.25. The third-order valence-corrected chi connectivity index (χ3v) is 4.23. The number of benzene rings is 1. The van der Waals surface area contributed by atoms with Crippen LogP contribution >= 0.6 is 11.8 Å². The quantitative estimate of drug-likeness (QED) is 0.657. The van der Waals surface area contributed by atoms with Gasteiger partial charge in [-0.1, -0.05) is 6.07 Å². The van der Waals surface area contributed by atoms with E-state index in [-0.39, 0.29) is 0 Å². The predicted molar refractivity (Wildman–Crippen MR) is 73.6 cm³/mol. The van der Waals surface area contributed by atoms with Crippen molar-refractivity contribution in [3.8, 4) is 0 Å². The van der Waals surface area contributed by atoms with E-state index in [0.29, 0.717) is 0 Å². The topological polar surface area (TPSA) is 38.5 Å². The average Bonchev–Trinajstić information content (AvgIpc) is 2.36. The first-order valence-electron chi connectivity index (χ1n) is 6.05.